The third-order valence-corrected chi connectivity index (χ3v) is 2.41. The van der Waals surface area contributed by atoms with Crippen LogP contribution in [0.2, 0.25) is 0 Å². The van der Waals surface area contributed by atoms with Crippen molar-refractivity contribution in [3.63, 3.8) is 0 Å². The second-order valence-corrected chi connectivity index (χ2v) is 3.95. The molecular weight excluding hydrogens is 186 g/mol. The van der Waals surface area contributed by atoms with E-state index in [0.29, 0.717) is 0 Å². The van der Waals surface area contributed by atoms with E-state index in [2.05, 4.69) is 25.1 Å². The summed E-state index contributed by atoms with van der Waals surface area (Å²) in [6.07, 6.45) is 8.17. The van der Waals surface area contributed by atoms with Gasteiger partial charge in [0.15, 0.2) is 5.76 Å². The molecule has 0 radical (unpaired) electrons. The van der Waals surface area contributed by atoms with E-state index in [4.69, 9.17) is 4.52 Å². The minimum Gasteiger partial charge on any atom is -0.356 e. The standard InChI is InChI=1S/C13H21NO/c1-4-6-7-9-12(8-5-2)13-10-11(3)14-15-13/h9-10H,4-8H2,1-3H3/b12-9-. The van der Waals surface area contributed by atoms with Crippen LogP contribution in [-0.2, 0) is 0 Å². The smallest absolute Gasteiger partial charge is 0.162 e. The highest BCUT2D eigenvalue weighted by Gasteiger charge is 2.06. The van der Waals surface area contributed by atoms with Crippen molar-refractivity contribution in [3.05, 3.63) is 23.6 Å². The molecule has 1 aromatic rings. The summed E-state index contributed by atoms with van der Waals surface area (Å²) in [5, 5.41) is 3.93. The molecule has 0 aromatic carbocycles. The minimum atomic E-state index is 0.949. The molecule has 0 atom stereocenters. The molecule has 0 fully saturated rings. The summed E-state index contributed by atoms with van der Waals surface area (Å²) in [6.45, 7) is 6.37. The van der Waals surface area contributed by atoms with E-state index in [-0.39, 0.29) is 0 Å². The number of nitrogens with zero attached hydrogens (tertiary/aromatic N) is 1. The summed E-state index contributed by atoms with van der Waals surface area (Å²) in [7, 11) is 0. The van der Waals surface area contributed by atoms with Crippen LogP contribution in [0.3, 0.4) is 0 Å². The van der Waals surface area contributed by atoms with Crippen LogP contribution in [0.4, 0.5) is 0 Å². The van der Waals surface area contributed by atoms with Gasteiger partial charge in [-0.25, -0.2) is 0 Å². The van der Waals surface area contributed by atoms with E-state index in [1.54, 1.807) is 0 Å². The Labute approximate surface area is 92.4 Å². The average Bonchev–Trinajstić information content (AvgIpc) is 2.64. The lowest BCUT2D eigenvalue weighted by Gasteiger charge is -2.01. The number of rotatable bonds is 6. The van der Waals surface area contributed by atoms with Crippen LogP contribution in [0.5, 0.6) is 0 Å². The summed E-state index contributed by atoms with van der Waals surface area (Å²) >= 11 is 0. The minimum absolute atomic E-state index is 0.949. The van der Waals surface area contributed by atoms with Gasteiger partial charge in [0.1, 0.15) is 0 Å². The van der Waals surface area contributed by atoms with Gasteiger partial charge in [0, 0.05) is 6.07 Å². The van der Waals surface area contributed by atoms with Crippen molar-refractivity contribution in [1.82, 2.24) is 5.16 Å². The Bertz CT molecular complexity index is 312. The lowest BCUT2D eigenvalue weighted by atomic mass is 10.1. The fraction of sp³-hybridized carbons (Fsp3) is 0.615. The first-order chi connectivity index (χ1) is 7.27. The highest BCUT2D eigenvalue weighted by atomic mass is 16.5. The molecule has 15 heavy (non-hydrogen) atoms. The monoisotopic (exact) mass is 207 g/mol. The van der Waals surface area contributed by atoms with Crippen LogP contribution in [0, 0.1) is 6.92 Å². The van der Waals surface area contributed by atoms with E-state index in [9.17, 15) is 0 Å². The molecule has 0 bridgehead atoms. The zero-order chi connectivity index (χ0) is 11.1. The molecule has 0 saturated heterocycles. The Morgan fingerprint density at radius 1 is 1.40 bits per heavy atom. The summed E-state index contributed by atoms with van der Waals surface area (Å²) in [6, 6.07) is 2.02. The van der Waals surface area contributed by atoms with Crippen molar-refractivity contribution in [2.45, 2.75) is 52.9 Å². The van der Waals surface area contributed by atoms with Gasteiger partial charge in [-0.15, -0.1) is 0 Å². The third kappa shape index (κ3) is 3.90. The van der Waals surface area contributed by atoms with Gasteiger partial charge in [0.2, 0.25) is 0 Å². The van der Waals surface area contributed by atoms with E-state index in [1.807, 2.05) is 13.0 Å². The van der Waals surface area contributed by atoms with Gasteiger partial charge in [-0.05, 0) is 25.3 Å². The summed E-state index contributed by atoms with van der Waals surface area (Å²) in [5.74, 6) is 0.949. The Morgan fingerprint density at radius 3 is 2.73 bits per heavy atom. The summed E-state index contributed by atoms with van der Waals surface area (Å²) in [4.78, 5) is 0. The molecule has 0 amide bonds. The van der Waals surface area contributed by atoms with Gasteiger partial charge in [0.25, 0.3) is 0 Å². The molecule has 1 rings (SSSR count). The fourth-order valence-electron chi connectivity index (χ4n) is 1.59. The number of unbranched alkanes of at least 4 members (excludes halogenated alkanes) is 2. The van der Waals surface area contributed by atoms with E-state index in [1.165, 1.54) is 18.4 Å². The first-order valence-corrected chi connectivity index (χ1v) is 5.90. The summed E-state index contributed by atoms with van der Waals surface area (Å²) in [5.41, 5.74) is 2.27. The number of aryl methyl sites for hydroxylation is 1. The molecule has 0 aliphatic rings. The van der Waals surface area contributed by atoms with Gasteiger partial charge in [-0.2, -0.15) is 0 Å². The molecule has 1 heterocycles. The maximum Gasteiger partial charge on any atom is 0.162 e. The van der Waals surface area contributed by atoms with Gasteiger partial charge in [-0.3, -0.25) is 0 Å². The topological polar surface area (TPSA) is 26.0 Å². The van der Waals surface area contributed by atoms with Crippen molar-refractivity contribution in [1.29, 1.82) is 0 Å². The number of hydrogen-bond donors (Lipinski definition) is 0. The zero-order valence-electron chi connectivity index (χ0n) is 10.0. The fourth-order valence-corrected chi connectivity index (χ4v) is 1.59. The van der Waals surface area contributed by atoms with Crippen LogP contribution in [-0.4, -0.2) is 5.16 Å². The van der Waals surface area contributed by atoms with Crippen molar-refractivity contribution in [2.24, 2.45) is 0 Å². The van der Waals surface area contributed by atoms with Crippen LogP contribution >= 0.6 is 0 Å². The normalized spacial score (nSPS) is 12.1. The lowest BCUT2D eigenvalue weighted by molar-refractivity contribution is 0.404. The molecule has 0 unspecified atom stereocenters. The van der Waals surface area contributed by atoms with Crippen LogP contribution in [0.25, 0.3) is 5.57 Å². The zero-order valence-corrected chi connectivity index (χ0v) is 10.0. The van der Waals surface area contributed by atoms with E-state index < -0.39 is 0 Å². The number of aromatic nitrogens is 1. The maximum absolute atomic E-state index is 5.29. The van der Waals surface area contributed by atoms with Gasteiger partial charge >= 0.3 is 0 Å². The molecule has 0 saturated carbocycles. The van der Waals surface area contributed by atoms with Crippen molar-refractivity contribution >= 4 is 5.57 Å². The second-order valence-electron chi connectivity index (χ2n) is 3.95. The van der Waals surface area contributed by atoms with Crippen LogP contribution < -0.4 is 0 Å². The molecule has 0 spiro atoms. The van der Waals surface area contributed by atoms with E-state index >= 15 is 0 Å². The van der Waals surface area contributed by atoms with Gasteiger partial charge < -0.3 is 4.52 Å². The van der Waals surface area contributed by atoms with Crippen molar-refractivity contribution in [3.8, 4) is 0 Å². The third-order valence-electron chi connectivity index (χ3n) is 2.41. The second kappa shape index (κ2) is 6.44. The molecule has 84 valence electrons. The average molecular weight is 207 g/mol. The Morgan fingerprint density at radius 2 is 2.20 bits per heavy atom. The Kier molecular flexibility index (Phi) is 5.16. The molecule has 0 aliphatic heterocycles. The van der Waals surface area contributed by atoms with Gasteiger partial charge in [0.05, 0.1) is 5.69 Å². The number of allylic oxidation sites excluding steroid dienone is 2. The van der Waals surface area contributed by atoms with Crippen molar-refractivity contribution < 1.29 is 4.52 Å². The number of hydrogen-bond acceptors (Lipinski definition) is 2. The lowest BCUT2D eigenvalue weighted by Crippen LogP contribution is -1.82. The quantitative estimate of drug-likeness (QED) is 0.648. The molecule has 1 aromatic heterocycles. The highest BCUT2D eigenvalue weighted by molar-refractivity contribution is 5.61. The molecule has 0 aliphatic carbocycles. The first-order valence-electron chi connectivity index (χ1n) is 5.90. The predicted octanol–water partition coefficient (Wildman–Crippen LogP) is 4.36. The van der Waals surface area contributed by atoms with Crippen LogP contribution in [0.15, 0.2) is 16.7 Å². The van der Waals surface area contributed by atoms with E-state index in [0.717, 1.165) is 30.7 Å². The first kappa shape index (κ1) is 12.0. The molecule has 0 N–H and O–H groups in total. The highest BCUT2D eigenvalue weighted by Crippen LogP contribution is 2.21. The Hall–Kier alpha value is -1.05. The largest absolute Gasteiger partial charge is 0.356 e. The molecular formula is C13H21NO. The molecule has 2 heteroatoms. The summed E-state index contributed by atoms with van der Waals surface area (Å²) < 4.78 is 5.29. The predicted molar refractivity (Wildman–Crippen MR) is 63.7 cm³/mol. The van der Waals surface area contributed by atoms with Crippen molar-refractivity contribution in [2.75, 3.05) is 0 Å². The SMILES string of the molecule is CCCC/C=C(/CCC)c1cc(C)no1. The Balaban J connectivity index is 2.68. The van der Waals surface area contributed by atoms with Gasteiger partial charge in [-0.1, -0.05) is 44.3 Å². The van der Waals surface area contributed by atoms with Crippen LogP contribution in [0.1, 0.15) is 57.4 Å². The molecule has 2 nitrogen and oxygen atoms in total. The maximum atomic E-state index is 5.29.